The number of rotatable bonds is 2. The molecule has 1 heterocycles. The second-order valence-corrected chi connectivity index (χ2v) is 4.28. The van der Waals surface area contributed by atoms with Crippen molar-refractivity contribution in [1.82, 2.24) is 0 Å². The van der Waals surface area contributed by atoms with Crippen LogP contribution in [-0.4, -0.2) is 0 Å². The number of hydrogen-bond donors (Lipinski definition) is 0. The third-order valence-corrected chi connectivity index (χ3v) is 2.92. The topological polar surface area (TPSA) is 0 Å². The normalized spacial score (nSPS) is 10.2. The van der Waals surface area contributed by atoms with Crippen LogP contribution < -0.4 is 0 Å². The lowest BCUT2D eigenvalue weighted by atomic mass is 10.1. The highest BCUT2D eigenvalue weighted by molar-refractivity contribution is 7.09. The molecule has 13 heavy (non-hydrogen) atoms. The zero-order valence-corrected chi connectivity index (χ0v) is 8.47. The molecule has 0 aliphatic carbocycles. The van der Waals surface area contributed by atoms with Gasteiger partial charge in [-0.3, -0.25) is 0 Å². The molecule has 0 atom stereocenters. The van der Waals surface area contributed by atoms with Gasteiger partial charge < -0.3 is 0 Å². The summed E-state index contributed by atoms with van der Waals surface area (Å²) in [5.41, 5.74) is 2.75. The second kappa shape index (κ2) is 3.75. The lowest BCUT2D eigenvalue weighted by Crippen LogP contribution is -1.84. The minimum absolute atomic E-state index is 1.07. The monoisotopic (exact) mass is 188 g/mol. The maximum absolute atomic E-state index is 2.25. The maximum Gasteiger partial charge on any atom is 0.00890 e. The van der Waals surface area contributed by atoms with E-state index in [1.807, 2.05) is 11.3 Å². The molecule has 0 aliphatic heterocycles. The van der Waals surface area contributed by atoms with E-state index in [2.05, 4.69) is 48.7 Å². The van der Waals surface area contributed by atoms with E-state index in [-0.39, 0.29) is 0 Å². The molecular weight excluding hydrogens is 176 g/mol. The van der Waals surface area contributed by atoms with Crippen LogP contribution in [0.5, 0.6) is 0 Å². The first-order valence-corrected chi connectivity index (χ1v) is 5.30. The summed E-state index contributed by atoms with van der Waals surface area (Å²) in [5.74, 6) is 0. The van der Waals surface area contributed by atoms with Crippen molar-refractivity contribution in [3.63, 3.8) is 0 Å². The van der Waals surface area contributed by atoms with Crippen molar-refractivity contribution in [3.05, 3.63) is 57.8 Å². The van der Waals surface area contributed by atoms with Crippen molar-refractivity contribution >= 4 is 11.3 Å². The Morgan fingerprint density at radius 2 is 2.08 bits per heavy atom. The van der Waals surface area contributed by atoms with Gasteiger partial charge in [0.15, 0.2) is 0 Å². The molecule has 0 N–H and O–H groups in total. The highest BCUT2D eigenvalue weighted by atomic mass is 32.1. The first-order chi connectivity index (χ1) is 6.34. The summed E-state index contributed by atoms with van der Waals surface area (Å²) in [6, 6.07) is 13.0. The zero-order valence-electron chi connectivity index (χ0n) is 7.66. The molecule has 66 valence electrons. The molecule has 1 heteroatoms. The van der Waals surface area contributed by atoms with Gasteiger partial charge in [-0.25, -0.2) is 0 Å². The van der Waals surface area contributed by atoms with E-state index in [1.54, 1.807) is 0 Å². The van der Waals surface area contributed by atoms with Crippen LogP contribution in [0.3, 0.4) is 0 Å². The molecule has 0 fully saturated rings. The molecule has 0 nitrogen and oxygen atoms in total. The Labute approximate surface area is 82.9 Å². The van der Waals surface area contributed by atoms with Crippen LogP contribution in [0.4, 0.5) is 0 Å². The van der Waals surface area contributed by atoms with E-state index in [0.29, 0.717) is 0 Å². The number of aryl methyl sites for hydroxylation is 1. The summed E-state index contributed by atoms with van der Waals surface area (Å²) in [4.78, 5) is 1.44. The summed E-state index contributed by atoms with van der Waals surface area (Å²) in [6.45, 7) is 2.14. The lowest BCUT2D eigenvalue weighted by molar-refractivity contribution is 1.22. The van der Waals surface area contributed by atoms with E-state index in [1.165, 1.54) is 16.0 Å². The van der Waals surface area contributed by atoms with Gasteiger partial charge in [0.05, 0.1) is 0 Å². The van der Waals surface area contributed by atoms with Crippen molar-refractivity contribution in [1.29, 1.82) is 0 Å². The molecule has 0 bridgehead atoms. The molecule has 0 unspecified atom stereocenters. The van der Waals surface area contributed by atoms with Crippen molar-refractivity contribution in [2.75, 3.05) is 0 Å². The molecule has 0 spiro atoms. The molecule has 1 aromatic heterocycles. The quantitative estimate of drug-likeness (QED) is 0.675. The molecular formula is C12H12S. The fraction of sp³-hybridized carbons (Fsp3) is 0.167. The van der Waals surface area contributed by atoms with E-state index < -0.39 is 0 Å². The molecule has 0 saturated heterocycles. The van der Waals surface area contributed by atoms with Gasteiger partial charge in [0.25, 0.3) is 0 Å². The Balaban J connectivity index is 2.19. The first-order valence-electron chi connectivity index (χ1n) is 4.42. The Hall–Kier alpha value is -1.08. The third kappa shape index (κ3) is 2.19. The van der Waals surface area contributed by atoms with Crippen LogP contribution in [0.2, 0.25) is 0 Å². The summed E-state index contributed by atoms with van der Waals surface area (Å²) in [6.07, 6.45) is 1.07. The largest absolute Gasteiger partial charge is 0.149 e. The van der Waals surface area contributed by atoms with Gasteiger partial charge in [0, 0.05) is 11.3 Å². The van der Waals surface area contributed by atoms with Crippen LogP contribution in [0.1, 0.15) is 16.0 Å². The van der Waals surface area contributed by atoms with Gasteiger partial charge in [-0.2, -0.15) is 0 Å². The SMILES string of the molecule is Cc1cccc(Cc2cccs2)c1. The molecule has 0 saturated carbocycles. The molecule has 0 radical (unpaired) electrons. The summed E-state index contributed by atoms with van der Waals surface area (Å²) in [5, 5.41) is 2.13. The van der Waals surface area contributed by atoms with Crippen LogP contribution >= 0.6 is 11.3 Å². The van der Waals surface area contributed by atoms with Crippen LogP contribution in [0.15, 0.2) is 41.8 Å². The molecule has 0 amide bonds. The standard InChI is InChI=1S/C12H12S/c1-10-4-2-5-11(8-10)9-12-6-3-7-13-12/h2-8H,9H2,1H3. The van der Waals surface area contributed by atoms with Crippen LogP contribution in [0.25, 0.3) is 0 Å². The fourth-order valence-electron chi connectivity index (χ4n) is 1.44. The minimum atomic E-state index is 1.07. The van der Waals surface area contributed by atoms with Gasteiger partial charge in [0.2, 0.25) is 0 Å². The van der Waals surface area contributed by atoms with Crippen molar-refractivity contribution in [2.24, 2.45) is 0 Å². The Morgan fingerprint density at radius 1 is 1.15 bits per heavy atom. The Morgan fingerprint density at radius 3 is 2.77 bits per heavy atom. The average molecular weight is 188 g/mol. The molecule has 0 aliphatic rings. The summed E-state index contributed by atoms with van der Waals surface area (Å²) in [7, 11) is 0. The molecule has 2 aromatic rings. The van der Waals surface area contributed by atoms with E-state index in [4.69, 9.17) is 0 Å². The smallest absolute Gasteiger partial charge is 0.00890 e. The van der Waals surface area contributed by atoms with Crippen molar-refractivity contribution in [2.45, 2.75) is 13.3 Å². The van der Waals surface area contributed by atoms with Gasteiger partial charge >= 0.3 is 0 Å². The van der Waals surface area contributed by atoms with Gasteiger partial charge in [-0.05, 0) is 23.9 Å². The van der Waals surface area contributed by atoms with E-state index in [0.717, 1.165) is 6.42 Å². The Bertz CT molecular complexity index is 374. The lowest BCUT2D eigenvalue weighted by Gasteiger charge is -1.99. The molecule has 1 aromatic carbocycles. The van der Waals surface area contributed by atoms with Crippen molar-refractivity contribution < 1.29 is 0 Å². The minimum Gasteiger partial charge on any atom is -0.149 e. The van der Waals surface area contributed by atoms with Crippen LogP contribution in [0, 0.1) is 6.92 Å². The van der Waals surface area contributed by atoms with Gasteiger partial charge in [-0.1, -0.05) is 35.9 Å². The van der Waals surface area contributed by atoms with Crippen molar-refractivity contribution in [3.8, 4) is 0 Å². The Kier molecular flexibility index (Phi) is 2.46. The fourth-order valence-corrected chi connectivity index (χ4v) is 2.18. The summed E-state index contributed by atoms with van der Waals surface area (Å²) >= 11 is 1.82. The molecule has 2 rings (SSSR count). The predicted octanol–water partition coefficient (Wildman–Crippen LogP) is 3.65. The number of thiophene rings is 1. The van der Waals surface area contributed by atoms with E-state index in [9.17, 15) is 0 Å². The number of benzene rings is 1. The maximum atomic E-state index is 2.25. The number of hydrogen-bond acceptors (Lipinski definition) is 1. The van der Waals surface area contributed by atoms with Gasteiger partial charge in [0.1, 0.15) is 0 Å². The highest BCUT2D eigenvalue weighted by Crippen LogP contribution is 2.15. The average Bonchev–Trinajstić information content (AvgIpc) is 2.57. The summed E-state index contributed by atoms with van der Waals surface area (Å²) < 4.78 is 0. The van der Waals surface area contributed by atoms with E-state index >= 15 is 0 Å². The van der Waals surface area contributed by atoms with Gasteiger partial charge in [-0.15, -0.1) is 11.3 Å². The third-order valence-electron chi connectivity index (χ3n) is 2.04. The highest BCUT2D eigenvalue weighted by Gasteiger charge is 1.96. The predicted molar refractivity (Wildman–Crippen MR) is 58.3 cm³/mol. The second-order valence-electron chi connectivity index (χ2n) is 3.25. The first kappa shape index (κ1) is 8.52. The zero-order chi connectivity index (χ0) is 9.10. The van der Waals surface area contributed by atoms with Crippen LogP contribution in [-0.2, 0) is 6.42 Å².